The van der Waals surface area contributed by atoms with E-state index in [-0.39, 0.29) is 0 Å². The maximum atomic E-state index is 2.47. The smallest absolute Gasteiger partial charge is 0.0266 e. The molecule has 0 aromatic carbocycles. The first kappa shape index (κ1) is 34.8. The molecule has 11 aliphatic rings. The van der Waals surface area contributed by atoms with Crippen LogP contribution in [0, 0.1) is 80.8 Å². The lowest BCUT2D eigenvalue weighted by molar-refractivity contribution is -0.0789. The van der Waals surface area contributed by atoms with Crippen LogP contribution < -0.4 is 0 Å². The van der Waals surface area contributed by atoms with Crippen molar-refractivity contribution >= 4 is 0 Å². The molecule has 11 fully saturated rings. The van der Waals surface area contributed by atoms with E-state index in [9.17, 15) is 0 Å². The van der Waals surface area contributed by atoms with Gasteiger partial charge in [0.15, 0.2) is 0 Å². The minimum Gasteiger partial charge on any atom is -0.0625 e. The van der Waals surface area contributed by atoms with Crippen molar-refractivity contribution in [1.29, 1.82) is 0 Å². The number of hydrogen-bond donors (Lipinski definition) is 0. The summed E-state index contributed by atoms with van der Waals surface area (Å²) in [6.07, 6.45) is 35.7. The van der Waals surface area contributed by atoms with Gasteiger partial charge in [-0.2, -0.15) is 0 Å². The molecule has 0 amide bonds. The number of rotatable bonds is 4. The summed E-state index contributed by atoms with van der Waals surface area (Å²) in [7, 11) is 0. The molecule has 0 heterocycles. The van der Waals surface area contributed by atoms with Gasteiger partial charge in [-0.3, -0.25) is 0 Å². The van der Waals surface area contributed by atoms with Gasteiger partial charge < -0.3 is 0 Å². The average Bonchev–Trinajstić information content (AvgIpc) is 3.72. The molecule has 11 rings (SSSR count). The van der Waals surface area contributed by atoms with Gasteiger partial charge in [-0.05, 0) is 209 Å². The first-order valence-corrected chi connectivity index (χ1v) is 21.4. The summed E-state index contributed by atoms with van der Waals surface area (Å²) in [5.74, 6) is 10.5. The van der Waals surface area contributed by atoms with Gasteiger partial charge in [-0.1, -0.05) is 74.7 Å². The molecule has 0 aromatic rings. The zero-order chi connectivity index (χ0) is 32.0. The summed E-state index contributed by atoms with van der Waals surface area (Å²) >= 11 is 0. The Morgan fingerprint density at radius 2 is 0.933 bits per heavy atom. The second-order valence-electron chi connectivity index (χ2n) is 21.2. The molecule has 0 N–H and O–H groups in total. The average molecular weight is 621 g/mol. The van der Waals surface area contributed by atoms with E-state index in [0.717, 1.165) is 80.8 Å². The molecule has 1 unspecified atom stereocenters. The minimum absolute atomic E-state index is 0.786. The minimum atomic E-state index is 0.786. The monoisotopic (exact) mass is 621 g/mol. The summed E-state index contributed by atoms with van der Waals surface area (Å²) in [4.78, 5) is 0. The van der Waals surface area contributed by atoms with Crippen LogP contribution in [-0.4, -0.2) is 0 Å². The van der Waals surface area contributed by atoms with Crippen LogP contribution in [0.5, 0.6) is 0 Å². The van der Waals surface area contributed by atoms with Crippen LogP contribution in [0.2, 0.25) is 0 Å². The zero-order valence-corrected chi connectivity index (χ0v) is 32.0. The summed E-state index contributed by atoms with van der Waals surface area (Å²) < 4.78 is 0. The Hall–Kier alpha value is 0. The number of hydrogen-bond acceptors (Lipinski definition) is 0. The molecule has 1 atom stereocenters. The topological polar surface area (TPSA) is 0 Å². The van der Waals surface area contributed by atoms with Gasteiger partial charge >= 0.3 is 0 Å². The summed E-state index contributed by atoms with van der Waals surface area (Å²) in [6.45, 7) is 19.3. The van der Waals surface area contributed by atoms with E-state index in [1.165, 1.54) is 64.2 Å². The first-order chi connectivity index (χ1) is 21.4. The third-order valence-corrected chi connectivity index (χ3v) is 17.4. The maximum Gasteiger partial charge on any atom is -0.0266 e. The van der Waals surface area contributed by atoms with Gasteiger partial charge in [0.1, 0.15) is 0 Å². The van der Waals surface area contributed by atoms with Gasteiger partial charge in [-0.25, -0.2) is 0 Å². The normalized spacial score (nSPS) is 41.2. The van der Waals surface area contributed by atoms with Gasteiger partial charge in [0.2, 0.25) is 0 Å². The van der Waals surface area contributed by atoms with Crippen LogP contribution in [0.25, 0.3) is 0 Å². The van der Waals surface area contributed by atoms with Crippen molar-refractivity contribution < 1.29 is 0 Å². The van der Waals surface area contributed by atoms with E-state index >= 15 is 0 Å². The van der Waals surface area contributed by atoms with Crippen molar-refractivity contribution in [2.45, 2.75) is 203 Å². The van der Waals surface area contributed by atoms with Crippen molar-refractivity contribution in [3.8, 4) is 0 Å². The van der Waals surface area contributed by atoms with Crippen LogP contribution in [0.3, 0.4) is 0 Å². The zero-order valence-electron chi connectivity index (χ0n) is 32.0. The first-order valence-electron chi connectivity index (χ1n) is 21.4. The predicted molar refractivity (Wildman–Crippen MR) is 196 cm³/mol. The quantitative estimate of drug-likeness (QED) is 0.293. The standard InChI is InChI=1S/C13H22.2C11H20.C10H18/c1-9(2)13-6-10-3-11(7-13)5-12(4-10)8-13;1-9(2)11-6-3-10(4-7-11)5-8-11;1-9(2)10-5-3-4-6-11(10)7-8-11;1-8(2)9-6-10(7-9)4-3-5-10/h9-12H,3-8H2,1-2H3;2*9-10H,3-8H2,1-2H3;8-9H,3-7H2,1-2H3. The maximum absolute atomic E-state index is 2.47. The van der Waals surface area contributed by atoms with Crippen LogP contribution in [0.4, 0.5) is 0 Å². The second-order valence-corrected chi connectivity index (χ2v) is 21.2. The third kappa shape index (κ3) is 7.46. The highest BCUT2D eigenvalue weighted by molar-refractivity contribution is 5.03. The SMILES string of the molecule is CC(C)C12CC3CC(CC(C3)C1)C2.CC(C)C12CCC(CC1)CC2.CC(C)C1CC2(CCC2)C1.CC(C)C1CCCCC12CC2. The van der Waals surface area contributed by atoms with Gasteiger partial charge in [0.25, 0.3) is 0 Å². The second kappa shape index (κ2) is 13.7. The molecule has 45 heavy (non-hydrogen) atoms. The molecule has 260 valence electrons. The third-order valence-electron chi connectivity index (χ3n) is 17.4. The van der Waals surface area contributed by atoms with E-state index in [2.05, 4.69) is 55.4 Å². The van der Waals surface area contributed by atoms with Crippen molar-refractivity contribution in [3.05, 3.63) is 0 Å². The van der Waals surface area contributed by atoms with Crippen LogP contribution in [0.1, 0.15) is 203 Å². The molecular formula is C45H80. The van der Waals surface area contributed by atoms with E-state index in [1.807, 2.05) is 0 Å². The number of fused-ring (bicyclic) bond motifs is 3. The molecule has 0 heteroatoms. The molecule has 0 radical (unpaired) electrons. The van der Waals surface area contributed by atoms with Crippen molar-refractivity contribution in [1.82, 2.24) is 0 Å². The van der Waals surface area contributed by atoms with Crippen LogP contribution in [0.15, 0.2) is 0 Å². The molecule has 6 bridgehead atoms. The predicted octanol–water partition coefficient (Wildman–Crippen LogP) is 14.3. The Kier molecular flexibility index (Phi) is 10.6. The molecule has 0 saturated heterocycles. The highest BCUT2D eigenvalue weighted by Crippen LogP contribution is 2.63. The Morgan fingerprint density at radius 1 is 0.422 bits per heavy atom. The fourth-order valence-corrected chi connectivity index (χ4v) is 13.8. The fraction of sp³-hybridized carbons (Fsp3) is 1.00. The van der Waals surface area contributed by atoms with Crippen LogP contribution in [-0.2, 0) is 0 Å². The Balaban J connectivity index is 0.000000106. The highest BCUT2D eigenvalue weighted by atomic mass is 14.6. The van der Waals surface area contributed by atoms with E-state index in [0.29, 0.717) is 0 Å². The Labute approximate surface area is 283 Å². The summed E-state index contributed by atoms with van der Waals surface area (Å²) in [5.41, 5.74) is 3.35. The van der Waals surface area contributed by atoms with Gasteiger partial charge in [-0.15, -0.1) is 0 Å². The lowest BCUT2D eigenvalue weighted by Gasteiger charge is -2.58. The Bertz CT molecular complexity index is 874. The van der Waals surface area contributed by atoms with Gasteiger partial charge in [0.05, 0.1) is 0 Å². The van der Waals surface area contributed by atoms with Crippen molar-refractivity contribution in [3.63, 3.8) is 0 Å². The highest BCUT2D eigenvalue weighted by Gasteiger charge is 2.52. The summed E-state index contributed by atoms with van der Waals surface area (Å²) in [6, 6.07) is 0. The van der Waals surface area contributed by atoms with Gasteiger partial charge in [0, 0.05) is 0 Å². The largest absolute Gasteiger partial charge is 0.0625 e. The fourth-order valence-electron chi connectivity index (χ4n) is 13.8. The van der Waals surface area contributed by atoms with Crippen molar-refractivity contribution in [2.75, 3.05) is 0 Å². The van der Waals surface area contributed by atoms with E-state index < -0.39 is 0 Å². The lowest BCUT2D eigenvalue weighted by atomic mass is 9.47. The molecule has 2 spiro atoms. The lowest BCUT2D eigenvalue weighted by Crippen LogP contribution is -2.48. The molecule has 0 nitrogen and oxygen atoms in total. The van der Waals surface area contributed by atoms with Crippen LogP contribution >= 0.6 is 0 Å². The Morgan fingerprint density at radius 3 is 1.27 bits per heavy atom. The molecule has 11 aliphatic carbocycles. The molecule has 0 aromatic heterocycles. The molecule has 11 saturated carbocycles. The summed E-state index contributed by atoms with van der Waals surface area (Å²) in [5, 5.41) is 0. The van der Waals surface area contributed by atoms with Crippen molar-refractivity contribution in [2.24, 2.45) is 80.8 Å². The molecule has 0 aliphatic heterocycles. The van der Waals surface area contributed by atoms with E-state index in [4.69, 9.17) is 0 Å². The van der Waals surface area contributed by atoms with E-state index in [1.54, 1.807) is 83.5 Å². The molecular weight excluding hydrogens is 540 g/mol.